The van der Waals surface area contributed by atoms with Gasteiger partial charge in [-0.15, -0.1) is 11.3 Å². The average molecular weight is 198 g/mol. The van der Waals surface area contributed by atoms with Crippen molar-refractivity contribution in [2.75, 3.05) is 7.05 Å². The molecule has 1 aromatic rings. The number of thiazole rings is 1. The molecule has 1 aromatic heterocycles. The van der Waals surface area contributed by atoms with E-state index in [2.05, 4.69) is 31.1 Å². The van der Waals surface area contributed by atoms with Crippen LogP contribution in [-0.4, -0.2) is 18.1 Å². The summed E-state index contributed by atoms with van der Waals surface area (Å²) < 4.78 is 0. The second-order valence-corrected chi connectivity index (χ2v) is 5.35. The predicted octanol–water partition coefficient (Wildman–Crippen LogP) is 2.32. The van der Waals surface area contributed by atoms with Crippen molar-refractivity contribution in [1.82, 2.24) is 10.3 Å². The molecule has 0 saturated heterocycles. The molecule has 3 heteroatoms. The molecule has 1 unspecified atom stereocenters. The highest BCUT2D eigenvalue weighted by Crippen LogP contribution is 2.23. The van der Waals surface area contributed by atoms with Crippen LogP contribution < -0.4 is 5.32 Å². The van der Waals surface area contributed by atoms with Crippen LogP contribution in [0.25, 0.3) is 0 Å². The Morgan fingerprint density at radius 2 is 2.23 bits per heavy atom. The molecule has 0 aliphatic heterocycles. The van der Waals surface area contributed by atoms with Crippen molar-refractivity contribution in [2.45, 2.75) is 33.2 Å². The lowest BCUT2D eigenvalue weighted by molar-refractivity contribution is 0.281. The van der Waals surface area contributed by atoms with E-state index in [0.717, 1.165) is 6.42 Å². The minimum atomic E-state index is 0.304. The standard InChI is InChI=1S/C10H18N2S/c1-10(2,3)9(11-4)5-8-6-12-7-13-8/h6-7,9,11H,5H2,1-4H3. The van der Waals surface area contributed by atoms with Crippen LogP contribution in [0.15, 0.2) is 11.7 Å². The normalized spacial score (nSPS) is 14.5. The summed E-state index contributed by atoms with van der Waals surface area (Å²) in [7, 11) is 2.02. The van der Waals surface area contributed by atoms with Crippen molar-refractivity contribution in [3.63, 3.8) is 0 Å². The Hall–Kier alpha value is -0.410. The highest BCUT2D eigenvalue weighted by molar-refractivity contribution is 7.09. The zero-order chi connectivity index (χ0) is 9.90. The maximum atomic E-state index is 4.08. The van der Waals surface area contributed by atoms with Gasteiger partial charge in [0.1, 0.15) is 0 Å². The second-order valence-electron chi connectivity index (χ2n) is 4.38. The summed E-state index contributed by atoms with van der Waals surface area (Å²) >= 11 is 1.73. The van der Waals surface area contributed by atoms with E-state index in [9.17, 15) is 0 Å². The molecular formula is C10H18N2S. The van der Waals surface area contributed by atoms with Crippen LogP contribution in [0, 0.1) is 5.41 Å². The topological polar surface area (TPSA) is 24.9 Å². The molecule has 74 valence electrons. The molecule has 0 aliphatic carbocycles. The van der Waals surface area contributed by atoms with Gasteiger partial charge in [-0.05, 0) is 18.9 Å². The van der Waals surface area contributed by atoms with Crippen molar-refractivity contribution in [2.24, 2.45) is 5.41 Å². The SMILES string of the molecule is CNC(Cc1cncs1)C(C)(C)C. The van der Waals surface area contributed by atoms with E-state index in [-0.39, 0.29) is 0 Å². The fraction of sp³-hybridized carbons (Fsp3) is 0.700. The van der Waals surface area contributed by atoms with Gasteiger partial charge in [-0.25, -0.2) is 0 Å². The number of nitrogens with one attached hydrogen (secondary N) is 1. The van der Waals surface area contributed by atoms with Gasteiger partial charge < -0.3 is 5.32 Å². The summed E-state index contributed by atoms with van der Waals surface area (Å²) in [5.74, 6) is 0. The van der Waals surface area contributed by atoms with E-state index in [1.807, 2.05) is 18.8 Å². The molecule has 0 radical (unpaired) electrons. The van der Waals surface area contributed by atoms with Crippen LogP contribution in [-0.2, 0) is 6.42 Å². The molecule has 0 amide bonds. The van der Waals surface area contributed by atoms with E-state index in [1.165, 1.54) is 4.88 Å². The first-order chi connectivity index (χ1) is 6.04. The molecule has 0 fully saturated rings. The Balaban J connectivity index is 2.60. The maximum Gasteiger partial charge on any atom is 0.0794 e. The number of likely N-dealkylation sites (N-methyl/N-ethyl adjacent to an activating group) is 1. The second kappa shape index (κ2) is 4.20. The molecule has 0 bridgehead atoms. The monoisotopic (exact) mass is 198 g/mol. The Labute approximate surface area is 84.4 Å². The van der Waals surface area contributed by atoms with Gasteiger partial charge in [-0.3, -0.25) is 4.98 Å². The van der Waals surface area contributed by atoms with Crippen LogP contribution in [0.5, 0.6) is 0 Å². The number of rotatable bonds is 3. The lowest BCUT2D eigenvalue weighted by atomic mass is 9.85. The zero-order valence-corrected chi connectivity index (χ0v) is 9.61. The van der Waals surface area contributed by atoms with E-state index in [4.69, 9.17) is 0 Å². The van der Waals surface area contributed by atoms with Gasteiger partial charge in [-0.2, -0.15) is 0 Å². The minimum absolute atomic E-state index is 0.304. The lowest BCUT2D eigenvalue weighted by Gasteiger charge is -2.29. The molecule has 0 aromatic carbocycles. The summed E-state index contributed by atoms with van der Waals surface area (Å²) in [5, 5.41) is 3.36. The van der Waals surface area contributed by atoms with Gasteiger partial charge in [-0.1, -0.05) is 20.8 Å². The largest absolute Gasteiger partial charge is 0.316 e. The molecule has 0 spiro atoms. The maximum absolute atomic E-state index is 4.08. The highest BCUT2D eigenvalue weighted by Gasteiger charge is 2.23. The smallest absolute Gasteiger partial charge is 0.0794 e. The lowest BCUT2D eigenvalue weighted by Crippen LogP contribution is -2.39. The molecule has 1 N–H and O–H groups in total. The number of hydrogen-bond acceptors (Lipinski definition) is 3. The average Bonchev–Trinajstić information content (AvgIpc) is 2.49. The quantitative estimate of drug-likeness (QED) is 0.806. The van der Waals surface area contributed by atoms with Crippen molar-refractivity contribution in [3.05, 3.63) is 16.6 Å². The number of nitrogens with zero attached hydrogens (tertiary/aromatic N) is 1. The van der Waals surface area contributed by atoms with Gasteiger partial charge in [0.25, 0.3) is 0 Å². The van der Waals surface area contributed by atoms with E-state index >= 15 is 0 Å². The first kappa shape index (κ1) is 10.7. The molecule has 0 saturated carbocycles. The molecule has 1 atom stereocenters. The van der Waals surface area contributed by atoms with Gasteiger partial charge in [0, 0.05) is 17.1 Å². The van der Waals surface area contributed by atoms with Gasteiger partial charge in [0.2, 0.25) is 0 Å². The Morgan fingerprint density at radius 1 is 1.54 bits per heavy atom. The summed E-state index contributed by atoms with van der Waals surface area (Å²) in [6, 6.07) is 0.521. The van der Waals surface area contributed by atoms with Crippen LogP contribution in [0.2, 0.25) is 0 Å². The van der Waals surface area contributed by atoms with E-state index in [0.29, 0.717) is 11.5 Å². The Kier molecular flexibility index (Phi) is 3.45. The third-order valence-electron chi connectivity index (χ3n) is 2.28. The van der Waals surface area contributed by atoms with Crippen LogP contribution in [0.4, 0.5) is 0 Å². The highest BCUT2D eigenvalue weighted by atomic mass is 32.1. The third-order valence-corrected chi connectivity index (χ3v) is 3.08. The first-order valence-electron chi connectivity index (χ1n) is 4.58. The summed E-state index contributed by atoms with van der Waals surface area (Å²) in [6.07, 6.45) is 3.03. The summed E-state index contributed by atoms with van der Waals surface area (Å²) in [6.45, 7) is 6.78. The predicted molar refractivity (Wildman–Crippen MR) is 58.1 cm³/mol. The van der Waals surface area contributed by atoms with Gasteiger partial charge in [0.05, 0.1) is 5.51 Å². The molecule has 1 rings (SSSR count). The summed E-state index contributed by atoms with van der Waals surface area (Å²) in [4.78, 5) is 5.44. The molecule has 0 aliphatic rings. The van der Waals surface area contributed by atoms with Gasteiger partial charge in [0.15, 0.2) is 0 Å². The molecular weight excluding hydrogens is 180 g/mol. The zero-order valence-electron chi connectivity index (χ0n) is 8.79. The van der Waals surface area contributed by atoms with E-state index in [1.54, 1.807) is 11.3 Å². The van der Waals surface area contributed by atoms with Crippen molar-refractivity contribution in [3.8, 4) is 0 Å². The third kappa shape index (κ3) is 3.08. The number of hydrogen-bond donors (Lipinski definition) is 1. The van der Waals surface area contributed by atoms with Crippen LogP contribution in [0.1, 0.15) is 25.6 Å². The van der Waals surface area contributed by atoms with Crippen LogP contribution in [0.3, 0.4) is 0 Å². The fourth-order valence-corrected chi connectivity index (χ4v) is 2.03. The number of aromatic nitrogens is 1. The minimum Gasteiger partial charge on any atom is -0.316 e. The Morgan fingerprint density at radius 3 is 2.62 bits per heavy atom. The molecule has 1 heterocycles. The van der Waals surface area contributed by atoms with Crippen molar-refractivity contribution >= 4 is 11.3 Å². The van der Waals surface area contributed by atoms with E-state index < -0.39 is 0 Å². The molecule has 2 nitrogen and oxygen atoms in total. The molecule has 13 heavy (non-hydrogen) atoms. The fourth-order valence-electron chi connectivity index (χ4n) is 1.39. The van der Waals surface area contributed by atoms with Crippen LogP contribution >= 0.6 is 11.3 Å². The summed E-state index contributed by atoms with van der Waals surface area (Å²) in [5.41, 5.74) is 2.20. The van der Waals surface area contributed by atoms with Crippen molar-refractivity contribution < 1.29 is 0 Å². The Bertz CT molecular complexity index is 236. The first-order valence-corrected chi connectivity index (χ1v) is 5.46. The van der Waals surface area contributed by atoms with Crippen molar-refractivity contribution in [1.29, 1.82) is 0 Å². The van der Waals surface area contributed by atoms with Gasteiger partial charge >= 0.3 is 0 Å².